The maximum Gasteiger partial charge on any atom is 0.342 e. The van der Waals surface area contributed by atoms with Crippen molar-refractivity contribution in [3.63, 3.8) is 0 Å². The summed E-state index contributed by atoms with van der Waals surface area (Å²) in [5, 5.41) is 8.40. The quantitative estimate of drug-likeness (QED) is 0.237. The Morgan fingerprint density at radius 2 is 1.70 bits per heavy atom. The van der Waals surface area contributed by atoms with Crippen LogP contribution in [-0.2, 0) is 19.2 Å². The van der Waals surface area contributed by atoms with Crippen LogP contribution < -0.4 is 35.4 Å². The summed E-state index contributed by atoms with van der Waals surface area (Å²) in [6.07, 6.45) is 6.38. The Kier molecular flexibility index (Phi) is 12.5. The minimum Gasteiger partial charge on any atom is -0.495 e. The molecule has 3 aromatic rings. The number of nitrogens with one attached hydrogen (secondary N) is 3. The lowest BCUT2D eigenvalue weighted by Gasteiger charge is -2.37. The molecule has 3 saturated heterocycles. The molecule has 21 heteroatoms. The number of nitrogens with zero attached hydrogens (tertiary/aromatic N) is 8. The van der Waals surface area contributed by atoms with Gasteiger partial charge in [0.05, 0.1) is 42.4 Å². The van der Waals surface area contributed by atoms with E-state index in [1.165, 1.54) is 25.3 Å². The predicted molar refractivity (Wildman–Crippen MR) is 240 cm³/mol. The highest BCUT2D eigenvalue weighted by atomic mass is 19.3. The van der Waals surface area contributed by atoms with Crippen molar-refractivity contribution in [3.8, 4) is 5.75 Å². The Bertz CT molecular complexity index is 2510. The SMILES string of the molecule is COc1cc(C(=O)NC2CCCN(C(=O)CCN3CCN(c4cccc5c4C(=O)N(C4CCC(=O)NC4=O)C5=O)CC3)C2)ccc1Nc1ncc2c(n1)N(C1CCCC1)CC(F)(F)C(=O)N2C. The van der Waals surface area contributed by atoms with Crippen molar-refractivity contribution < 1.29 is 47.1 Å². The van der Waals surface area contributed by atoms with Gasteiger partial charge in [0.1, 0.15) is 17.5 Å². The molecule has 2 unspecified atom stereocenters. The molecule has 9 rings (SSSR count). The second-order valence-corrected chi connectivity index (χ2v) is 18.0. The standard InChI is InChI=1S/C46H53F2N11O8/c1-54-34-24-49-45(53-39(34)58(29-8-3-4-9-29)26-46(47,48)44(54)66)51-31-13-12-27(23-35(31)67-2)40(62)50-28-7-6-17-57(25-28)37(61)16-18-55-19-21-56(22-20-55)32-11-5-10-30-38(32)43(65)59(42(30)64)33-14-15-36(60)52-41(33)63/h5,10-13,23-24,28-29,33H,3-4,6-9,14-22,25-26H2,1-2H3,(H,50,62)(H,49,51,53)(H,52,60,63). The number of carbonyl (C=O) groups excluding carboxylic acids is 7. The van der Waals surface area contributed by atoms with Crippen molar-refractivity contribution in [1.29, 1.82) is 0 Å². The Labute approximate surface area is 385 Å². The van der Waals surface area contributed by atoms with Crippen LogP contribution in [0, 0.1) is 0 Å². The molecular weight excluding hydrogens is 873 g/mol. The number of alkyl halides is 2. The number of hydrogen-bond donors (Lipinski definition) is 3. The maximum atomic E-state index is 15.1. The Morgan fingerprint density at radius 1 is 0.925 bits per heavy atom. The number of rotatable bonds is 11. The Morgan fingerprint density at radius 3 is 2.45 bits per heavy atom. The molecule has 0 bridgehead atoms. The molecule has 1 aliphatic carbocycles. The monoisotopic (exact) mass is 925 g/mol. The molecule has 19 nitrogen and oxygen atoms in total. The number of fused-ring (bicyclic) bond motifs is 2. The van der Waals surface area contributed by atoms with Gasteiger partial charge in [0.15, 0.2) is 5.82 Å². The number of ether oxygens (including phenoxy) is 1. The van der Waals surface area contributed by atoms with Gasteiger partial charge in [-0.1, -0.05) is 18.9 Å². The van der Waals surface area contributed by atoms with E-state index in [-0.39, 0.29) is 71.7 Å². The van der Waals surface area contributed by atoms with Gasteiger partial charge >= 0.3 is 5.92 Å². The van der Waals surface area contributed by atoms with Crippen molar-refractivity contribution in [2.24, 2.45) is 0 Å². The summed E-state index contributed by atoms with van der Waals surface area (Å²) < 4.78 is 35.8. The largest absolute Gasteiger partial charge is 0.495 e. The van der Waals surface area contributed by atoms with E-state index in [9.17, 15) is 33.6 Å². The topological polar surface area (TPSA) is 210 Å². The van der Waals surface area contributed by atoms with Crippen LogP contribution >= 0.6 is 0 Å². The van der Waals surface area contributed by atoms with E-state index in [1.54, 1.807) is 41.3 Å². The average molecular weight is 926 g/mol. The van der Waals surface area contributed by atoms with E-state index < -0.39 is 48.0 Å². The highest BCUT2D eigenvalue weighted by Crippen LogP contribution is 2.40. The number of benzene rings is 2. The van der Waals surface area contributed by atoms with Gasteiger partial charge in [-0.25, -0.2) is 4.98 Å². The van der Waals surface area contributed by atoms with Crippen molar-refractivity contribution in [2.45, 2.75) is 81.8 Å². The molecule has 5 aliphatic heterocycles. The molecule has 4 fully saturated rings. The molecule has 7 amide bonds. The van der Waals surface area contributed by atoms with Crippen molar-refractivity contribution in [2.75, 3.05) is 86.5 Å². The molecule has 67 heavy (non-hydrogen) atoms. The second-order valence-electron chi connectivity index (χ2n) is 18.0. The average Bonchev–Trinajstić information content (AvgIpc) is 3.94. The number of imide groups is 2. The lowest BCUT2D eigenvalue weighted by Crippen LogP contribution is -2.54. The third-order valence-electron chi connectivity index (χ3n) is 13.8. The predicted octanol–water partition coefficient (Wildman–Crippen LogP) is 2.92. The van der Waals surface area contributed by atoms with E-state index in [4.69, 9.17) is 4.74 Å². The number of piperazine rings is 1. The molecule has 6 heterocycles. The first-order valence-corrected chi connectivity index (χ1v) is 22.9. The molecule has 0 spiro atoms. The summed E-state index contributed by atoms with van der Waals surface area (Å²) in [5.41, 5.74) is 2.05. The minimum atomic E-state index is -3.60. The van der Waals surface area contributed by atoms with Gasteiger partial charge in [-0.15, -0.1) is 0 Å². The van der Waals surface area contributed by atoms with Crippen LogP contribution in [0.25, 0.3) is 0 Å². The molecule has 3 N–H and O–H groups in total. The number of halogens is 2. The van der Waals surface area contributed by atoms with E-state index in [0.29, 0.717) is 94.2 Å². The summed E-state index contributed by atoms with van der Waals surface area (Å²) in [6, 6.07) is 8.41. The van der Waals surface area contributed by atoms with Crippen molar-refractivity contribution >= 4 is 70.2 Å². The summed E-state index contributed by atoms with van der Waals surface area (Å²) in [6.45, 7) is 3.02. The van der Waals surface area contributed by atoms with Crippen molar-refractivity contribution in [1.82, 2.24) is 35.3 Å². The van der Waals surface area contributed by atoms with Crippen LogP contribution in [-0.4, -0.2) is 157 Å². The number of carbonyl (C=O) groups is 7. The smallest absolute Gasteiger partial charge is 0.342 e. The Hall–Kier alpha value is -6.77. The van der Waals surface area contributed by atoms with E-state index >= 15 is 8.78 Å². The lowest BCUT2D eigenvalue weighted by atomic mass is 10.0. The Balaban J connectivity index is 0.773. The zero-order valence-electron chi connectivity index (χ0n) is 37.4. The van der Waals surface area contributed by atoms with E-state index in [0.717, 1.165) is 22.6 Å². The van der Waals surface area contributed by atoms with E-state index in [2.05, 4.69) is 30.8 Å². The molecule has 1 saturated carbocycles. The van der Waals surface area contributed by atoms with Crippen LogP contribution in [0.1, 0.15) is 88.9 Å². The van der Waals surface area contributed by atoms with Crippen LogP contribution in [0.4, 0.5) is 37.6 Å². The second kappa shape index (κ2) is 18.5. The van der Waals surface area contributed by atoms with Crippen LogP contribution in [0.3, 0.4) is 0 Å². The fourth-order valence-electron chi connectivity index (χ4n) is 10.1. The van der Waals surface area contributed by atoms with Gasteiger partial charge in [-0.3, -0.25) is 48.7 Å². The summed E-state index contributed by atoms with van der Waals surface area (Å²) in [4.78, 5) is 109. The van der Waals surface area contributed by atoms with Crippen LogP contribution in [0.15, 0.2) is 42.6 Å². The molecular formula is C46H53F2N11O8. The van der Waals surface area contributed by atoms with Gasteiger partial charge in [0.2, 0.25) is 23.7 Å². The van der Waals surface area contributed by atoms with Crippen LogP contribution in [0.5, 0.6) is 5.75 Å². The van der Waals surface area contributed by atoms with Gasteiger partial charge in [0, 0.05) is 83.3 Å². The number of hydrogen-bond acceptors (Lipinski definition) is 14. The zero-order chi connectivity index (χ0) is 47.1. The minimum absolute atomic E-state index is 0.0182. The number of anilines is 5. The fourth-order valence-corrected chi connectivity index (χ4v) is 10.1. The first kappa shape index (κ1) is 45.4. The lowest BCUT2D eigenvalue weighted by molar-refractivity contribution is -0.140. The molecule has 2 atom stereocenters. The molecule has 1 aromatic heterocycles. The molecule has 0 radical (unpaired) electrons. The maximum absolute atomic E-state index is 15.1. The first-order chi connectivity index (χ1) is 32.2. The number of aromatic nitrogens is 2. The number of amides is 7. The number of likely N-dealkylation sites (tertiary alicyclic amines) is 1. The molecule has 6 aliphatic rings. The first-order valence-electron chi connectivity index (χ1n) is 22.9. The van der Waals surface area contributed by atoms with Gasteiger partial charge in [-0.2, -0.15) is 13.8 Å². The zero-order valence-corrected chi connectivity index (χ0v) is 37.4. The van der Waals surface area contributed by atoms with Gasteiger partial charge < -0.3 is 35.0 Å². The molecule has 2 aromatic carbocycles. The normalized spacial score (nSPS) is 22.4. The van der Waals surface area contributed by atoms with Gasteiger partial charge in [0.25, 0.3) is 23.6 Å². The summed E-state index contributed by atoms with van der Waals surface area (Å²) in [5.74, 6) is -6.82. The third kappa shape index (κ3) is 8.95. The highest BCUT2D eigenvalue weighted by Gasteiger charge is 2.49. The van der Waals surface area contributed by atoms with E-state index in [1.807, 2.05) is 4.90 Å². The van der Waals surface area contributed by atoms with Crippen LogP contribution in [0.2, 0.25) is 0 Å². The number of methoxy groups -OCH3 is 1. The molecule has 354 valence electrons. The number of piperidine rings is 2. The fraction of sp³-hybridized carbons (Fsp3) is 0.500. The highest BCUT2D eigenvalue weighted by molar-refractivity contribution is 6.25. The third-order valence-corrected chi connectivity index (χ3v) is 13.8. The van der Waals surface area contributed by atoms with Gasteiger partial charge in [-0.05, 0) is 62.4 Å². The van der Waals surface area contributed by atoms with Crippen molar-refractivity contribution in [3.05, 3.63) is 59.3 Å². The summed E-state index contributed by atoms with van der Waals surface area (Å²) >= 11 is 0. The summed E-state index contributed by atoms with van der Waals surface area (Å²) in [7, 11) is 2.75.